The number of piperidine rings is 1. The SMILES string of the molecule is CC(CC(=O)NC1CCC(C(N)=O)CC1)C1CCCNC1.Cl. The Morgan fingerprint density at radius 3 is 2.45 bits per heavy atom. The molecule has 2 fully saturated rings. The lowest BCUT2D eigenvalue weighted by Crippen LogP contribution is -2.41. The molecule has 128 valence electrons. The van der Waals surface area contributed by atoms with Crippen LogP contribution in [0.1, 0.15) is 51.9 Å². The van der Waals surface area contributed by atoms with E-state index in [4.69, 9.17) is 5.73 Å². The van der Waals surface area contributed by atoms with Crippen LogP contribution in [0.4, 0.5) is 0 Å². The van der Waals surface area contributed by atoms with Gasteiger partial charge in [0.05, 0.1) is 0 Å². The molecule has 5 nitrogen and oxygen atoms in total. The highest BCUT2D eigenvalue weighted by molar-refractivity contribution is 5.85. The Morgan fingerprint density at radius 1 is 1.23 bits per heavy atom. The number of halogens is 1. The predicted octanol–water partition coefficient (Wildman–Crippen LogP) is 1.59. The lowest BCUT2D eigenvalue weighted by molar-refractivity contribution is -0.123. The molecular formula is C16H30ClN3O2. The molecule has 0 spiro atoms. The summed E-state index contributed by atoms with van der Waals surface area (Å²) in [6, 6.07) is 0.227. The van der Waals surface area contributed by atoms with Gasteiger partial charge < -0.3 is 16.4 Å². The van der Waals surface area contributed by atoms with Crippen LogP contribution in [-0.2, 0) is 9.59 Å². The molecule has 1 heterocycles. The molecule has 0 aromatic rings. The molecule has 2 rings (SSSR count). The van der Waals surface area contributed by atoms with Crippen molar-refractivity contribution in [3.63, 3.8) is 0 Å². The zero-order valence-electron chi connectivity index (χ0n) is 13.5. The fourth-order valence-corrected chi connectivity index (χ4v) is 3.63. The number of carbonyl (C=O) groups is 2. The first kappa shape index (κ1) is 19.2. The normalized spacial score (nSPS) is 30.0. The van der Waals surface area contributed by atoms with E-state index in [0.717, 1.165) is 38.8 Å². The van der Waals surface area contributed by atoms with Crippen molar-refractivity contribution in [2.24, 2.45) is 23.5 Å². The van der Waals surface area contributed by atoms with Crippen molar-refractivity contribution < 1.29 is 9.59 Å². The maximum atomic E-state index is 12.2. The number of primary amides is 1. The summed E-state index contributed by atoms with van der Waals surface area (Å²) in [4.78, 5) is 23.3. The van der Waals surface area contributed by atoms with Gasteiger partial charge in [0, 0.05) is 18.4 Å². The van der Waals surface area contributed by atoms with E-state index in [2.05, 4.69) is 17.6 Å². The van der Waals surface area contributed by atoms with Crippen molar-refractivity contribution in [3.8, 4) is 0 Å². The predicted molar refractivity (Wildman–Crippen MR) is 89.7 cm³/mol. The minimum Gasteiger partial charge on any atom is -0.369 e. The van der Waals surface area contributed by atoms with Crippen molar-refractivity contribution in [2.75, 3.05) is 13.1 Å². The maximum absolute atomic E-state index is 12.2. The van der Waals surface area contributed by atoms with E-state index >= 15 is 0 Å². The second-order valence-electron chi connectivity index (χ2n) is 6.81. The first-order valence-corrected chi connectivity index (χ1v) is 8.35. The smallest absolute Gasteiger partial charge is 0.220 e. The van der Waals surface area contributed by atoms with Crippen molar-refractivity contribution >= 4 is 24.2 Å². The van der Waals surface area contributed by atoms with Crippen molar-refractivity contribution in [3.05, 3.63) is 0 Å². The summed E-state index contributed by atoms with van der Waals surface area (Å²) in [5, 5.41) is 6.55. The van der Waals surface area contributed by atoms with E-state index < -0.39 is 0 Å². The summed E-state index contributed by atoms with van der Waals surface area (Å²) in [6.45, 7) is 4.33. The number of carbonyl (C=O) groups excluding carboxylic acids is 2. The van der Waals surface area contributed by atoms with Gasteiger partial charge in [-0.25, -0.2) is 0 Å². The molecule has 1 saturated carbocycles. The minimum atomic E-state index is -0.196. The summed E-state index contributed by atoms with van der Waals surface area (Å²) in [6.07, 6.45) is 6.42. The molecule has 1 aliphatic carbocycles. The maximum Gasteiger partial charge on any atom is 0.220 e. The Labute approximate surface area is 139 Å². The Hall–Kier alpha value is -0.810. The van der Waals surface area contributed by atoms with Gasteiger partial charge >= 0.3 is 0 Å². The Kier molecular flexibility index (Phi) is 8.18. The molecule has 0 aromatic carbocycles. The molecular weight excluding hydrogens is 302 g/mol. The van der Waals surface area contributed by atoms with Crippen molar-refractivity contribution in [1.29, 1.82) is 0 Å². The average Bonchev–Trinajstić information content (AvgIpc) is 2.48. The lowest BCUT2D eigenvalue weighted by Gasteiger charge is -2.30. The molecule has 22 heavy (non-hydrogen) atoms. The highest BCUT2D eigenvalue weighted by Gasteiger charge is 2.27. The third-order valence-electron chi connectivity index (χ3n) is 5.14. The molecule has 1 aliphatic heterocycles. The molecule has 6 heteroatoms. The molecule has 0 bridgehead atoms. The first-order valence-electron chi connectivity index (χ1n) is 8.35. The Balaban J connectivity index is 0.00000242. The van der Waals surface area contributed by atoms with Gasteiger partial charge in [0.25, 0.3) is 0 Å². The fraction of sp³-hybridized carbons (Fsp3) is 0.875. The average molecular weight is 332 g/mol. The van der Waals surface area contributed by atoms with E-state index in [0.29, 0.717) is 18.3 Å². The summed E-state index contributed by atoms with van der Waals surface area (Å²) < 4.78 is 0. The molecule has 2 aliphatic rings. The van der Waals surface area contributed by atoms with E-state index in [9.17, 15) is 9.59 Å². The second-order valence-corrected chi connectivity index (χ2v) is 6.81. The highest BCUT2D eigenvalue weighted by atomic mass is 35.5. The molecule has 2 amide bonds. The summed E-state index contributed by atoms with van der Waals surface area (Å²) in [7, 11) is 0. The minimum absolute atomic E-state index is 0. The number of hydrogen-bond donors (Lipinski definition) is 3. The van der Waals surface area contributed by atoms with E-state index in [1.165, 1.54) is 12.8 Å². The van der Waals surface area contributed by atoms with Gasteiger partial charge in [0.2, 0.25) is 11.8 Å². The van der Waals surface area contributed by atoms with Gasteiger partial charge in [-0.05, 0) is 63.5 Å². The van der Waals surface area contributed by atoms with E-state index in [-0.39, 0.29) is 36.2 Å². The zero-order chi connectivity index (χ0) is 15.2. The van der Waals surface area contributed by atoms with E-state index in [1.54, 1.807) is 0 Å². The van der Waals surface area contributed by atoms with Gasteiger partial charge in [-0.15, -0.1) is 12.4 Å². The van der Waals surface area contributed by atoms with Crippen molar-refractivity contribution in [1.82, 2.24) is 10.6 Å². The molecule has 0 radical (unpaired) electrons. The highest BCUT2D eigenvalue weighted by Crippen LogP contribution is 2.25. The summed E-state index contributed by atoms with van der Waals surface area (Å²) in [5.41, 5.74) is 5.33. The van der Waals surface area contributed by atoms with Gasteiger partial charge in [-0.1, -0.05) is 6.92 Å². The quantitative estimate of drug-likeness (QED) is 0.715. The van der Waals surface area contributed by atoms with Crippen LogP contribution in [0.5, 0.6) is 0 Å². The third kappa shape index (κ3) is 5.76. The molecule has 0 aromatic heterocycles. The van der Waals surface area contributed by atoms with Crippen LogP contribution >= 0.6 is 12.4 Å². The van der Waals surface area contributed by atoms with E-state index in [1.807, 2.05) is 0 Å². The number of nitrogens with one attached hydrogen (secondary N) is 2. The lowest BCUT2D eigenvalue weighted by atomic mass is 9.84. The first-order chi connectivity index (χ1) is 10.1. The van der Waals surface area contributed by atoms with Crippen LogP contribution in [0.25, 0.3) is 0 Å². The summed E-state index contributed by atoms with van der Waals surface area (Å²) in [5.74, 6) is 1.02. The van der Waals surface area contributed by atoms with Crippen LogP contribution in [0.3, 0.4) is 0 Å². The zero-order valence-corrected chi connectivity index (χ0v) is 14.3. The van der Waals surface area contributed by atoms with Gasteiger partial charge in [-0.2, -0.15) is 0 Å². The molecule has 2 unspecified atom stereocenters. The topological polar surface area (TPSA) is 84.2 Å². The van der Waals surface area contributed by atoms with Crippen molar-refractivity contribution in [2.45, 2.75) is 57.9 Å². The standard InChI is InChI=1S/C16H29N3O2.ClH/c1-11(13-3-2-8-18-10-13)9-15(20)19-14-6-4-12(5-7-14)16(17)21;/h11-14,18H,2-10H2,1H3,(H2,17,21)(H,19,20);1H. The van der Waals surface area contributed by atoms with Crippen LogP contribution in [0, 0.1) is 17.8 Å². The monoisotopic (exact) mass is 331 g/mol. The van der Waals surface area contributed by atoms with Gasteiger partial charge in [0.15, 0.2) is 0 Å². The second kappa shape index (κ2) is 9.36. The third-order valence-corrected chi connectivity index (χ3v) is 5.14. The Bertz CT molecular complexity index is 364. The molecule has 4 N–H and O–H groups in total. The summed E-state index contributed by atoms with van der Waals surface area (Å²) >= 11 is 0. The number of rotatable bonds is 5. The fourth-order valence-electron chi connectivity index (χ4n) is 3.63. The van der Waals surface area contributed by atoms with Crippen LogP contribution in [0.2, 0.25) is 0 Å². The largest absolute Gasteiger partial charge is 0.369 e. The van der Waals surface area contributed by atoms with Crippen LogP contribution < -0.4 is 16.4 Å². The van der Waals surface area contributed by atoms with Crippen LogP contribution in [-0.4, -0.2) is 30.9 Å². The Morgan fingerprint density at radius 2 is 1.91 bits per heavy atom. The van der Waals surface area contributed by atoms with Gasteiger partial charge in [-0.3, -0.25) is 9.59 Å². The number of nitrogens with two attached hydrogens (primary N) is 1. The molecule has 2 atom stereocenters. The van der Waals surface area contributed by atoms with Gasteiger partial charge in [0.1, 0.15) is 0 Å². The number of amides is 2. The number of hydrogen-bond acceptors (Lipinski definition) is 3. The van der Waals surface area contributed by atoms with Crippen LogP contribution in [0.15, 0.2) is 0 Å². The molecule has 1 saturated heterocycles.